The Kier molecular flexibility index (Phi) is 21.3. The highest BCUT2D eigenvalue weighted by Gasteiger charge is 1.65. The van der Waals surface area contributed by atoms with Crippen molar-refractivity contribution in [2.24, 2.45) is 0 Å². The summed E-state index contributed by atoms with van der Waals surface area (Å²) in [4.78, 5) is 8.59. The van der Waals surface area contributed by atoms with Gasteiger partial charge >= 0.3 is 0 Å². The van der Waals surface area contributed by atoms with Crippen molar-refractivity contribution in [2.45, 2.75) is 13.8 Å². The first-order chi connectivity index (χ1) is 3.91. The molecule has 0 fully saturated rings. The molecule has 0 amide bonds. The molecule has 0 atom stereocenters. The normalized spacial score (nSPS) is 7.50. The lowest BCUT2D eigenvalue weighted by atomic mass is 11.0. The number of nitrogens with one attached hydrogen (secondary N) is 2. The molecule has 0 heterocycles. The summed E-state index contributed by atoms with van der Waals surface area (Å²) in [7, 11) is 2.96. The molecule has 0 aromatic rings. The van der Waals surface area contributed by atoms with Crippen LogP contribution in [0.5, 0.6) is 0 Å². The number of hydrogen-bond acceptors (Lipinski definition) is 4. The molecule has 0 radical (unpaired) electrons. The highest BCUT2D eigenvalue weighted by molar-refractivity contribution is 3.77. The quantitative estimate of drug-likeness (QED) is 0.415. The number of hydrogen-bond donors (Lipinski definition) is 2. The second-order valence-corrected chi connectivity index (χ2v) is 0.612. The van der Waals surface area contributed by atoms with E-state index in [1.165, 1.54) is 14.2 Å². The van der Waals surface area contributed by atoms with Crippen LogP contribution in [0.25, 0.3) is 0 Å². The molecule has 0 rings (SSSR count). The second-order valence-electron chi connectivity index (χ2n) is 0.612. The van der Waals surface area contributed by atoms with Gasteiger partial charge in [-0.15, -0.1) is 11.2 Å². The van der Waals surface area contributed by atoms with Gasteiger partial charge in [0.1, 0.15) is 0 Å². The molecular weight excluding hydrogens is 108 g/mol. The number of rotatable bonds is 3. The van der Waals surface area contributed by atoms with Gasteiger partial charge in [0.05, 0.1) is 14.2 Å². The van der Waals surface area contributed by atoms with Crippen molar-refractivity contribution in [3.63, 3.8) is 0 Å². The topological polar surface area (TPSA) is 42.5 Å². The summed E-state index contributed by atoms with van der Waals surface area (Å²) in [5.74, 6) is 0. The van der Waals surface area contributed by atoms with Crippen molar-refractivity contribution < 1.29 is 9.68 Å². The molecule has 0 aromatic carbocycles. The Bertz CT molecular complexity index is 24.0. The fourth-order valence-electron chi connectivity index (χ4n) is 0.0833. The highest BCUT2D eigenvalue weighted by Crippen LogP contribution is 1.43. The molecular formula is C4H14N2O2. The highest BCUT2D eigenvalue weighted by atomic mass is 16.8. The van der Waals surface area contributed by atoms with Gasteiger partial charge in [0.2, 0.25) is 0 Å². The molecule has 0 unspecified atom stereocenters. The van der Waals surface area contributed by atoms with Crippen molar-refractivity contribution in [3.05, 3.63) is 0 Å². The Labute approximate surface area is 50.0 Å². The maximum atomic E-state index is 4.30. The van der Waals surface area contributed by atoms with Crippen LogP contribution >= 0.6 is 0 Å². The van der Waals surface area contributed by atoms with Crippen molar-refractivity contribution in [1.82, 2.24) is 11.2 Å². The smallest absolute Gasteiger partial charge is 0.0589 e. The Morgan fingerprint density at radius 3 is 1.25 bits per heavy atom. The van der Waals surface area contributed by atoms with Crippen LogP contribution in [0.4, 0.5) is 0 Å². The minimum Gasteiger partial charge on any atom is -0.288 e. The molecule has 0 aliphatic heterocycles. The van der Waals surface area contributed by atoms with E-state index in [1.807, 2.05) is 13.8 Å². The van der Waals surface area contributed by atoms with Gasteiger partial charge in [0.15, 0.2) is 0 Å². The van der Waals surface area contributed by atoms with Crippen molar-refractivity contribution in [2.75, 3.05) is 14.2 Å². The third-order valence-electron chi connectivity index (χ3n) is 0.246. The molecule has 0 saturated carbocycles. The largest absolute Gasteiger partial charge is 0.288 e. The third kappa shape index (κ3) is 17.0. The molecule has 0 spiro atoms. The Morgan fingerprint density at radius 1 is 0.875 bits per heavy atom. The van der Waals surface area contributed by atoms with Gasteiger partial charge in [-0.3, -0.25) is 9.68 Å². The van der Waals surface area contributed by atoms with Crippen molar-refractivity contribution >= 4 is 0 Å². The van der Waals surface area contributed by atoms with E-state index in [0.717, 1.165) is 0 Å². The average Bonchev–Trinajstić information content (AvgIpc) is 1.88. The molecule has 0 aliphatic rings. The molecule has 4 heteroatoms. The second kappa shape index (κ2) is 15.8. The fourth-order valence-corrected chi connectivity index (χ4v) is 0.0833. The van der Waals surface area contributed by atoms with Crippen LogP contribution in [0.2, 0.25) is 0 Å². The maximum absolute atomic E-state index is 4.30. The molecule has 2 N–H and O–H groups in total. The monoisotopic (exact) mass is 122 g/mol. The van der Waals surface area contributed by atoms with Gasteiger partial charge < -0.3 is 0 Å². The van der Waals surface area contributed by atoms with Crippen LogP contribution < -0.4 is 11.2 Å². The van der Waals surface area contributed by atoms with E-state index < -0.39 is 0 Å². The molecule has 4 nitrogen and oxygen atoms in total. The summed E-state index contributed by atoms with van der Waals surface area (Å²) < 4.78 is 0. The lowest BCUT2D eigenvalue weighted by Gasteiger charge is -1.96. The Hall–Kier alpha value is -0.160. The summed E-state index contributed by atoms with van der Waals surface area (Å²) in [6.45, 7) is 4.00. The molecule has 52 valence electrons. The first kappa shape index (κ1) is 10.8. The van der Waals surface area contributed by atoms with Crippen LogP contribution in [-0.2, 0) is 9.68 Å². The minimum atomic E-state index is 1.48. The van der Waals surface area contributed by atoms with Crippen LogP contribution in [0.3, 0.4) is 0 Å². The third-order valence-corrected chi connectivity index (χ3v) is 0.246. The lowest BCUT2D eigenvalue weighted by molar-refractivity contribution is -0.0714. The van der Waals surface area contributed by atoms with Gasteiger partial charge in [0.25, 0.3) is 0 Å². The summed E-state index contributed by atoms with van der Waals surface area (Å²) in [6, 6.07) is 0. The SMILES string of the molecule is CC.CONNOC. The van der Waals surface area contributed by atoms with Gasteiger partial charge in [-0.05, 0) is 0 Å². The molecule has 0 aliphatic carbocycles. The summed E-state index contributed by atoms with van der Waals surface area (Å²) in [5.41, 5.74) is 4.45. The van der Waals surface area contributed by atoms with Crippen LogP contribution in [0, 0.1) is 0 Å². The van der Waals surface area contributed by atoms with E-state index in [0.29, 0.717) is 0 Å². The van der Waals surface area contributed by atoms with E-state index in [-0.39, 0.29) is 0 Å². The number of hydrazine groups is 1. The van der Waals surface area contributed by atoms with Crippen molar-refractivity contribution in [3.8, 4) is 0 Å². The van der Waals surface area contributed by atoms with Crippen molar-refractivity contribution in [1.29, 1.82) is 0 Å². The van der Waals surface area contributed by atoms with Gasteiger partial charge in [-0.1, -0.05) is 13.8 Å². The summed E-state index contributed by atoms with van der Waals surface area (Å²) in [5, 5.41) is 0. The van der Waals surface area contributed by atoms with E-state index in [9.17, 15) is 0 Å². The van der Waals surface area contributed by atoms with E-state index >= 15 is 0 Å². The van der Waals surface area contributed by atoms with E-state index in [2.05, 4.69) is 20.9 Å². The predicted octanol–water partition coefficient (Wildman–Crippen LogP) is 0.230. The maximum Gasteiger partial charge on any atom is 0.0589 e. The van der Waals surface area contributed by atoms with Gasteiger partial charge in [-0.2, -0.15) is 0 Å². The molecule has 0 saturated heterocycles. The zero-order chi connectivity index (χ0) is 6.83. The Balaban J connectivity index is 0. The average molecular weight is 122 g/mol. The van der Waals surface area contributed by atoms with Crippen LogP contribution in [0.15, 0.2) is 0 Å². The van der Waals surface area contributed by atoms with Crippen LogP contribution in [0.1, 0.15) is 13.8 Å². The standard InChI is InChI=1S/C2H8N2O2.C2H6/c1-5-3-4-6-2;1-2/h3-4H,1-2H3;1-2H3. The summed E-state index contributed by atoms with van der Waals surface area (Å²) in [6.07, 6.45) is 0. The lowest BCUT2D eigenvalue weighted by Crippen LogP contribution is -2.28. The molecule has 8 heavy (non-hydrogen) atoms. The van der Waals surface area contributed by atoms with E-state index in [1.54, 1.807) is 0 Å². The first-order valence-electron chi connectivity index (χ1n) is 2.47. The zero-order valence-corrected chi connectivity index (χ0v) is 5.82. The minimum absolute atomic E-state index is 1.48. The fraction of sp³-hybridized carbons (Fsp3) is 1.00. The summed E-state index contributed by atoms with van der Waals surface area (Å²) >= 11 is 0. The first-order valence-corrected chi connectivity index (χ1v) is 2.47. The molecule has 0 bridgehead atoms. The molecule has 0 aromatic heterocycles. The predicted molar refractivity (Wildman–Crippen MR) is 31.6 cm³/mol. The van der Waals surface area contributed by atoms with Crippen LogP contribution in [-0.4, -0.2) is 14.2 Å². The van der Waals surface area contributed by atoms with Gasteiger partial charge in [-0.25, -0.2) is 0 Å². The zero-order valence-electron chi connectivity index (χ0n) is 5.82. The van der Waals surface area contributed by atoms with E-state index in [4.69, 9.17) is 0 Å². The van der Waals surface area contributed by atoms with Gasteiger partial charge in [0, 0.05) is 0 Å². The Morgan fingerprint density at radius 2 is 1.12 bits per heavy atom.